The van der Waals surface area contributed by atoms with Gasteiger partial charge in [0.1, 0.15) is 0 Å². The molecule has 0 spiro atoms. The van der Waals surface area contributed by atoms with Gasteiger partial charge in [-0.1, -0.05) is 29.8 Å². The van der Waals surface area contributed by atoms with Crippen LogP contribution in [0.4, 0.5) is 0 Å². The van der Waals surface area contributed by atoms with E-state index in [0.717, 1.165) is 5.56 Å². The molecule has 3 heteroatoms. The number of alkyl halides is 1. The molecule has 1 aromatic rings. The van der Waals surface area contributed by atoms with E-state index in [1.165, 1.54) is 5.56 Å². The van der Waals surface area contributed by atoms with Crippen molar-refractivity contribution < 1.29 is 9.90 Å². The van der Waals surface area contributed by atoms with Gasteiger partial charge < -0.3 is 5.11 Å². The van der Waals surface area contributed by atoms with Crippen LogP contribution in [0.25, 0.3) is 0 Å². The molecule has 1 N–H and O–H groups in total. The number of halogens is 1. The molecule has 0 aliphatic rings. The third kappa shape index (κ3) is 3.38. The molecule has 76 valence electrons. The first kappa shape index (κ1) is 11.1. The van der Waals surface area contributed by atoms with Gasteiger partial charge in [-0.15, -0.1) is 11.6 Å². The van der Waals surface area contributed by atoms with Crippen LogP contribution in [0.3, 0.4) is 0 Å². The molecule has 0 heterocycles. The maximum Gasteiger partial charge on any atom is 0.303 e. The Morgan fingerprint density at radius 1 is 1.43 bits per heavy atom. The van der Waals surface area contributed by atoms with Crippen molar-refractivity contribution in [2.75, 3.05) is 0 Å². The first-order valence-electron chi connectivity index (χ1n) is 4.52. The van der Waals surface area contributed by atoms with Crippen LogP contribution in [-0.4, -0.2) is 11.1 Å². The molecule has 2 nitrogen and oxygen atoms in total. The highest BCUT2D eigenvalue weighted by molar-refractivity contribution is 6.20. The lowest BCUT2D eigenvalue weighted by molar-refractivity contribution is -0.137. The Labute approximate surface area is 88.5 Å². The highest BCUT2D eigenvalue weighted by atomic mass is 35.5. The fraction of sp³-hybridized carbons (Fsp3) is 0.364. The van der Waals surface area contributed by atoms with Gasteiger partial charge in [-0.2, -0.15) is 0 Å². The van der Waals surface area contributed by atoms with E-state index in [1.54, 1.807) is 0 Å². The lowest BCUT2D eigenvalue weighted by Gasteiger charge is -2.08. The second-order valence-electron chi connectivity index (χ2n) is 3.31. The van der Waals surface area contributed by atoms with Gasteiger partial charge >= 0.3 is 5.97 Å². The van der Waals surface area contributed by atoms with E-state index in [-0.39, 0.29) is 11.8 Å². The SMILES string of the molecule is Cc1ccc(C(Cl)CCC(=O)O)cc1. The summed E-state index contributed by atoms with van der Waals surface area (Å²) in [6.45, 7) is 2.00. The molecule has 1 aromatic carbocycles. The van der Waals surface area contributed by atoms with E-state index in [0.29, 0.717) is 6.42 Å². The number of carboxylic acids is 1. The summed E-state index contributed by atoms with van der Waals surface area (Å²) in [4.78, 5) is 10.3. The Bertz CT molecular complexity index is 306. The first-order chi connectivity index (χ1) is 6.59. The molecule has 0 amide bonds. The molecule has 0 saturated heterocycles. The molecule has 1 unspecified atom stereocenters. The van der Waals surface area contributed by atoms with E-state index in [9.17, 15) is 4.79 Å². The Balaban J connectivity index is 2.56. The lowest BCUT2D eigenvalue weighted by Crippen LogP contribution is -1.98. The molecule has 0 radical (unpaired) electrons. The Kier molecular flexibility index (Phi) is 3.96. The molecule has 0 aliphatic carbocycles. The van der Waals surface area contributed by atoms with Crippen LogP contribution < -0.4 is 0 Å². The van der Waals surface area contributed by atoms with E-state index in [2.05, 4.69) is 0 Å². The quantitative estimate of drug-likeness (QED) is 0.779. The number of carbonyl (C=O) groups is 1. The Hall–Kier alpha value is -1.02. The second kappa shape index (κ2) is 5.01. The zero-order valence-electron chi connectivity index (χ0n) is 8.03. The predicted octanol–water partition coefficient (Wildman–Crippen LogP) is 3.14. The van der Waals surface area contributed by atoms with Crippen molar-refractivity contribution in [1.29, 1.82) is 0 Å². The molecule has 0 saturated carbocycles. The fourth-order valence-corrected chi connectivity index (χ4v) is 1.45. The number of hydrogen-bond acceptors (Lipinski definition) is 1. The predicted molar refractivity (Wildman–Crippen MR) is 56.6 cm³/mol. The summed E-state index contributed by atoms with van der Waals surface area (Å²) in [6, 6.07) is 7.83. The minimum Gasteiger partial charge on any atom is -0.481 e. The molecule has 0 aromatic heterocycles. The van der Waals surface area contributed by atoms with Crippen molar-refractivity contribution in [1.82, 2.24) is 0 Å². The van der Waals surface area contributed by atoms with Gasteiger partial charge in [-0.25, -0.2) is 0 Å². The minimum atomic E-state index is -0.803. The summed E-state index contributed by atoms with van der Waals surface area (Å²) in [5.41, 5.74) is 2.16. The standard InChI is InChI=1S/C11H13ClO2/c1-8-2-4-9(5-3-8)10(12)6-7-11(13)14/h2-5,10H,6-7H2,1H3,(H,13,14). The number of hydrogen-bond donors (Lipinski definition) is 1. The summed E-state index contributed by atoms with van der Waals surface area (Å²) >= 11 is 6.04. The van der Waals surface area contributed by atoms with Crippen LogP contribution in [0.1, 0.15) is 29.3 Å². The molecule has 0 fully saturated rings. The highest BCUT2D eigenvalue weighted by Gasteiger charge is 2.09. The van der Waals surface area contributed by atoms with Crippen molar-refractivity contribution in [2.24, 2.45) is 0 Å². The molecule has 0 bridgehead atoms. The van der Waals surface area contributed by atoms with Crippen LogP contribution in [0, 0.1) is 6.92 Å². The fourth-order valence-electron chi connectivity index (χ4n) is 1.19. The first-order valence-corrected chi connectivity index (χ1v) is 4.95. The van der Waals surface area contributed by atoms with Gasteiger partial charge in [0.2, 0.25) is 0 Å². The van der Waals surface area contributed by atoms with Crippen molar-refractivity contribution >= 4 is 17.6 Å². The average Bonchev–Trinajstić information content (AvgIpc) is 2.15. The third-order valence-electron chi connectivity index (χ3n) is 2.05. The van der Waals surface area contributed by atoms with Crippen molar-refractivity contribution in [2.45, 2.75) is 25.1 Å². The van der Waals surface area contributed by atoms with Crippen LogP contribution in [0.2, 0.25) is 0 Å². The molecular weight excluding hydrogens is 200 g/mol. The minimum absolute atomic E-state index is 0.113. The third-order valence-corrected chi connectivity index (χ3v) is 2.52. The number of benzene rings is 1. The molecule has 14 heavy (non-hydrogen) atoms. The largest absolute Gasteiger partial charge is 0.481 e. The monoisotopic (exact) mass is 212 g/mol. The van der Waals surface area contributed by atoms with Crippen molar-refractivity contribution in [3.05, 3.63) is 35.4 Å². The summed E-state index contributed by atoms with van der Waals surface area (Å²) < 4.78 is 0. The Morgan fingerprint density at radius 3 is 2.50 bits per heavy atom. The average molecular weight is 213 g/mol. The van der Waals surface area contributed by atoms with E-state index in [1.807, 2.05) is 31.2 Å². The summed E-state index contributed by atoms with van der Waals surface area (Å²) in [5, 5.41) is 8.29. The van der Waals surface area contributed by atoms with Gasteiger partial charge in [-0.3, -0.25) is 4.79 Å². The Morgan fingerprint density at radius 2 is 2.00 bits per heavy atom. The zero-order valence-corrected chi connectivity index (χ0v) is 8.79. The van der Waals surface area contributed by atoms with Crippen LogP contribution >= 0.6 is 11.6 Å². The molecule has 1 rings (SSSR count). The van der Waals surface area contributed by atoms with E-state index < -0.39 is 5.97 Å². The summed E-state index contributed by atoms with van der Waals surface area (Å²) in [5.74, 6) is -0.803. The van der Waals surface area contributed by atoms with Gasteiger partial charge in [0.05, 0.1) is 5.38 Å². The van der Waals surface area contributed by atoms with E-state index in [4.69, 9.17) is 16.7 Å². The number of rotatable bonds is 4. The van der Waals surface area contributed by atoms with Crippen LogP contribution in [0.15, 0.2) is 24.3 Å². The molecule has 1 atom stereocenters. The van der Waals surface area contributed by atoms with E-state index >= 15 is 0 Å². The zero-order chi connectivity index (χ0) is 10.6. The maximum atomic E-state index is 10.3. The van der Waals surface area contributed by atoms with Gasteiger partial charge in [0.15, 0.2) is 0 Å². The van der Waals surface area contributed by atoms with Crippen molar-refractivity contribution in [3.63, 3.8) is 0 Å². The smallest absolute Gasteiger partial charge is 0.303 e. The maximum absolute atomic E-state index is 10.3. The van der Waals surface area contributed by atoms with Gasteiger partial charge in [-0.05, 0) is 18.9 Å². The number of aliphatic carboxylic acids is 1. The highest BCUT2D eigenvalue weighted by Crippen LogP contribution is 2.25. The summed E-state index contributed by atoms with van der Waals surface area (Å²) in [7, 11) is 0. The van der Waals surface area contributed by atoms with Crippen LogP contribution in [-0.2, 0) is 4.79 Å². The summed E-state index contributed by atoms with van der Waals surface area (Å²) in [6.07, 6.45) is 0.585. The molecule has 0 aliphatic heterocycles. The topological polar surface area (TPSA) is 37.3 Å². The second-order valence-corrected chi connectivity index (χ2v) is 3.84. The van der Waals surface area contributed by atoms with Gasteiger partial charge in [0, 0.05) is 6.42 Å². The number of carboxylic acid groups (broad SMARTS) is 1. The normalized spacial score (nSPS) is 12.4. The molecular formula is C11H13ClO2. The van der Waals surface area contributed by atoms with Crippen LogP contribution in [0.5, 0.6) is 0 Å². The number of aryl methyl sites for hydroxylation is 1. The van der Waals surface area contributed by atoms with Crippen molar-refractivity contribution in [3.8, 4) is 0 Å². The lowest BCUT2D eigenvalue weighted by atomic mass is 10.1. The van der Waals surface area contributed by atoms with Gasteiger partial charge in [0.25, 0.3) is 0 Å².